The zero-order valence-electron chi connectivity index (χ0n) is 16.8. The number of nitrogens with one attached hydrogen (secondary N) is 1. The van der Waals surface area contributed by atoms with Crippen LogP contribution in [0.1, 0.15) is 45.6 Å². The molecule has 0 bridgehead atoms. The fourth-order valence-electron chi connectivity index (χ4n) is 3.46. The maximum absolute atomic E-state index is 12.7. The molecule has 0 saturated carbocycles. The maximum Gasteiger partial charge on any atom is 0.277 e. The van der Waals surface area contributed by atoms with Gasteiger partial charge in [0.05, 0.1) is 24.4 Å². The summed E-state index contributed by atoms with van der Waals surface area (Å²) in [4.78, 5) is 32.9. The lowest BCUT2D eigenvalue weighted by molar-refractivity contribution is -0.0365. The lowest BCUT2D eigenvalue weighted by Gasteiger charge is -2.28. The number of aryl methyl sites for hydroxylation is 1. The first kappa shape index (κ1) is 20.7. The van der Waals surface area contributed by atoms with Gasteiger partial charge in [-0.2, -0.15) is 5.10 Å². The summed E-state index contributed by atoms with van der Waals surface area (Å²) in [6.45, 7) is 2.19. The molecule has 3 aromatic heterocycles. The number of hydrogen-bond acceptors (Lipinski definition) is 8. The molecule has 31 heavy (non-hydrogen) atoms. The molecule has 2 unspecified atom stereocenters. The van der Waals surface area contributed by atoms with Crippen LogP contribution >= 0.6 is 0 Å². The van der Waals surface area contributed by atoms with Gasteiger partial charge in [0.2, 0.25) is 5.89 Å². The Morgan fingerprint density at radius 2 is 2.26 bits per heavy atom. The molecule has 162 valence electrons. The third kappa shape index (κ3) is 4.47. The molecular weight excluding hydrogens is 404 g/mol. The Morgan fingerprint density at radius 3 is 3.00 bits per heavy atom. The average Bonchev–Trinajstić information content (AvgIpc) is 3.42. The van der Waals surface area contributed by atoms with E-state index in [1.807, 2.05) is 6.92 Å². The van der Waals surface area contributed by atoms with Crippen LogP contribution in [0.2, 0.25) is 0 Å². The predicted molar refractivity (Wildman–Crippen MR) is 108 cm³/mol. The van der Waals surface area contributed by atoms with Crippen LogP contribution in [-0.4, -0.2) is 56.0 Å². The number of anilines is 1. The van der Waals surface area contributed by atoms with Crippen LogP contribution in [0, 0.1) is 6.92 Å². The Bertz CT molecular complexity index is 1110. The number of hydrogen-bond donors (Lipinski definition) is 3. The monoisotopic (exact) mass is 426 g/mol. The SMILES string of the molecule is Cc1cc(-c2nc(C(=O)Nc3cn(C4CCOC(CO)C4)nc3C(N)=O)co2)ccn1. The summed E-state index contributed by atoms with van der Waals surface area (Å²) in [5.74, 6) is -1.06. The summed E-state index contributed by atoms with van der Waals surface area (Å²) >= 11 is 0. The highest BCUT2D eigenvalue weighted by Gasteiger charge is 2.27. The number of aromatic nitrogens is 4. The lowest BCUT2D eigenvalue weighted by Crippen LogP contribution is -2.30. The van der Waals surface area contributed by atoms with Crippen molar-refractivity contribution in [1.29, 1.82) is 0 Å². The highest BCUT2D eigenvalue weighted by Crippen LogP contribution is 2.27. The van der Waals surface area contributed by atoms with Gasteiger partial charge in [-0.05, 0) is 31.9 Å². The van der Waals surface area contributed by atoms with E-state index in [1.165, 1.54) is 6.26 Å². The Labute approximate surface area is 177 Å². The summed E-state index contributed by atoms with van der Waals surface area (Å²) < 4.78 is 12.5. The van der Waals surface area contributed by atoms with Gasteiger partial charge in [-0.15, -0.1) is 0 Å². The van der Waals surface area contributed by atoms with Crippen LogP contribution in [0.5, 0.6) is 0 Å². The molecule has 3 aromatic rings. The van der Waals surface area contributed by atoms with E-state index in [2.05, 4.69) is 20.4 Å². The molecule has 0 aromatic carbocycles. The first-order valence-electron chi connectivity index (χ1n) is 9.76. The number of amides is 2. The minimum Gasteiger partial charge on any atom is -0.444 e. The van der Waals surface area contributed by atoms with Crippen molar-refractivity contribution in [2.45, 2.75) is 31.9 Å². The third-order valence-corrected chi connectivity index (χ3v) is 5.01. The van der Waals surface area contributed by atoms with Gasteiger partial charge in [-0.3, -0.25) is 19.3 Å². The molecule has 4 heterocycles. The van der Waals surface area contributed by atoms with Gasteiger partial charge in [-0.1, -0.05) is 0 Å². The number of nitrogens with two attached hydrogens (primary N) is 1. The van der Waals surface area contributed by atoms with Gasteiger partial charge in [-0.25, -0.2) is 4.98 Å². The topological polar surface area (TPSA) is 158 Å². The van der Waals surface area contributed by atoms with Crippen molar-refractivity contribution in [3.63, 3.8) is 0 Å². The molecular formula is C20H22N6O5. The van der Waals surface area contributed by atoms with E-state index in [0.717, 1.165) is 5.69 Å². The minimum absolute atomic E-state index is 0.0408. The second-order valence-electron chi connectivity index (χ2n) is 7.27. The largest absolute Gasteiger partial charge is 0.444 e. The van der Waals surface area contributed by atoms with E-state index < -0.39 is 11.8 Å². The smallest absolute Gasteiger partial charge is 0.277 e. The number of nitrogens with zero attached hydrogens (tertiary/aromatic N) is 4. The maximum atomic E-state index is 12.7. The number of ether oxygens (including phenoxy) is 1. The highest BCUT2D eigenvalue weighted by atomic mass is 16.5. The molecule has 0 spiro atoms. The van der Waals surface area contributed by atoms with Gasteiger partial charge < -0.3 is 25.3 Å². The predicted octanol–water partition coefficient (Wildman–Crippen LogP) is 1.31. The quantitative estimate of drug-likeness (QED) is 0.532. The van der Waals surface area contributed by atoms with Crippen LogP contribution in [0.25, 0.3) is 11.5 Å². The first-order chi connectivity index (χ1) is 14.9. The fraction of sp³-hybridized carbons (Fsp3) is 0.350. The molecule has 1 aliphatic heterocycles. The zero-order valence-corrected chi connectivity index (χ0v) is 16.8. The van der Waals surface area contributed by atoms with Gasteiger partial charge in [0.15, 0.2) is 11.4 Å². The summed E-state index contributed by atoms with van der Waals surface area (Å²) in [5.41, 5.74) is 7.08. The van der Waals surface area contributed by atoms with Crippen molar-refractivity contribution in [1.82, 2.24) is 19.7 Å². The van der Waals surface area contributed by atoms with E-state index >= 15 is 0 Å². The van der Waals surface area contributed by atoms with E-state index in [-0.39, 0.29) is 41.7 Å². The minimum atomic E-state index is -0.770. The summed E-state index contributed by atoms with van der Waals surface area (Å²) in [7, 11) is 0. The standard InChI is InChI=1S/C20H22N6O5/c1-11-6-12(2-4-22-11)20-24-16(10-31-20)19(29)23-15-8-26(25-17(15)18(21)28)13-3-5-30-14(7-13)9-27/h2,4,6,8,10,13-14,27H,3,5,7,9H2,1H3,(H2,21,28)(H,23,29). The number of carbonyl (C=O) groups excluding carboxylic acids is 2. The molecule has 0 radical (unpaired) electrons. The molecule has 11 heteroatoms. The number of primary amides is 1. The second-order valence-corrected chi connectivity index (χ2v) is 7.27. The van der Waals surface area contributed by atoms with Crippen molar-refractivity contribution in [2.75, 3.05) is 18.5 Å². The molecule has 11 nitrogen and oxygen atoms in total. The van der Waals surface area contributed by atoms with Crippen LogP contribution in [-0.2, 0) is 4.74 Å². The number of rotatable bonds is 6. The number of carbonyl (C=O) groups is 2. The second kappa shape index (κ2) is 8.66. The van der Waals surface area contributed by atoms with Crippen molar-refractivity contribution in [2.24, 2.45) is 5.73 Å². The summed E-state index contributed by atoms with van der Waals surface area (Å²) in [5, 5.41) is 16.2. The zero-order chi connectivity index (χ0) is 22.0. The Morgan fingerprint density at radius 1 is 1.42 bits per heavy atom. The van der Waals surface area contributed by atoms with Gasteiger partial charge in [0.1, 0.15) is 6.26 Å². The number of aliphatic hydroxyl groups is 1. The summed E-state index contributed by atoms with van der Waals surface area (Å²) in [6, 6.07) is 3.42. The molecule has 4 N–H and O–H groups in total. The Hall–Kier alpha value is -3.57. The molecule has 2 atom stereocenters. The number of oxazole rings is 1. The fourth-order valence-corrected chi connectivity index (χ4v) is 3.46. The van der Waals surface area contributed by atoms with Crippen molar-refractivity contribution < 1.29 is 23.8 Å². The molecule has 1 fully saturated rings. The first-order valence-corrected chi connectivity index (χ1v) is 9.76. The third-order valence-electron chi connectivity index (χ3n) is 5.01. The van der Waals surface area contributed by atoms with Gasteiger partial charge in [0, 0.05) is 30.3 Å². The average molecular weight is 426 g/mol. The lowest BCUT2D eigenvalue weighted by atomic mass is 10.0. The van der Waals surface area contributed by atoms with Crippen LogP contribution < -0.4 is 11.1 Å². The Kier molecular flexibility index (Phi) is 5.78. The van der Waals surface area contributed by atoms with Crippen molar-refractivity contribution in [3.8, 4) is 11.5 Å². The van der Waals surface area contributed by atoms with Crippen molar-refractivity contribution in [3.05, 3.63) is 47.9 Å². The van der Waals surface area contributed by atoms with E-state index in [0.29, 0.717) is 25.0 Å². The molecule has 1 saturated heterocycles. The number of pyridine rings is 1. The number of aliphatic hydroxyl groups excluding tert-OH is 1. The van der Waals surface area contributed by atoms with E-state index in [4.69, 9.17) is 14.9 Å². The van der Waals surface area contributed by atoms with Crippen LogP contribution in [0.15, 0.2) is 35.2 Å². The van der Waals surface area contributed by atoms with Crippen molar-refractivity contribution >= 4 is 17.5 Å². The summed E-state index contributed by atoms with van der Waals surface area (Å²) in [6.07, 6.45) is 5.29. The molecule has 2 amide bonds. The molecule has 0 aliphatic carbocycles. The molecule has 1 aliphatic rings. The Balaban J connectivity index is 1.54. The highest BCUT2D eigenvalue weighted by molar-refractivity contribution is 6.07. The van der Waals surface area contributed by atoms with E-state index in [9.17, 15) is 14.7 Å². The van der Waals surface area contributed by atoms with Crippen LogP contribution in [0.3, 0.4) is 0 Å². The van der Waals surface area contributed by atoms with Gasteiger partial charge >= 0.3 is 0 Å². The normalized spacial score (nSPS) is 18.6. The van der Waals surface area contributed by atoms with Crippen LogP contribution in [0.4, 0.5) is 5.69 Å². The van der Waals surface area contributed by atoms with E-state index in [1.54, 1.807) is 29.2 Å². The van der Waals surface area contributed by atoms with Gasteiger partial charge in [0.25, 0.3) is 11.8 Å². The molecule has 4 rings (SSSR count).